The van der Waals surface area contributed by atoms with Gasteiger partial charge in [0.15, 0.2) is 0 Å². The summed E-state index contributed by atoms with van der Waals surface area (Å²) in [4.78, 5) is 23.2. The van der Waals surface area contributed by atoms with E-state index in [0.29, 0.717) is 23.7 Å². The summed E-state index contributed by atoms with van der Waals surface area (Å²) in [6.45, 7) is 2.77. The molecular weight excluding hydrogens is 304 g/mol. The smallest absolute Gasteiger partial charge is 0.254 e. The SMILES string of the molecule is CCNC(=O)CNC(=O)c1cnn(Cc2ccccc2Cl)c1. The van der Waals surface area contributed by atoms with Crippen molar-refractivity contribution >= 4 is 23.4 Å². The van der Waals surface area contributed by atoms with Gasteiger partial charge in [0.1, 0.15) is 0 Å². The van der Waals surface area contributed by atoms with Gasteiger partial charge in [0.05, 0.1) is 24.8 Å². The summed E-state index contributed by atoms with van der Waals surface area (Å²) in [6, 6.07) is 7.46. The molecule has 0 unspecified atom stereocenters. The molecule has 0 aliphatic heterocycles. The summed E-state index contributed by atoms with van der Waals surface area (Å²) in [5.41, 5.74) is 1.32. The molecule has 116 valence electrons. The van der Waals surface area contributed by atoms with Crippen LogP contribution >= 0.6 is 11.6 Å². The number of halogens is 1. The molecule has 2 amide bonds. The van der Waals surface area contributed by atoms with Crippen molar-refractivity contribution in [1.82, 2.24) is 20.4 Å². The molecule has 2 rings (SSSR count). The van der Waals surface area contributed by atoms with E-state index in [0.717, 1.165) is 5.56 Å². The summed E-state index contributed by atoms with van der Waals surface area (Å²) < 4.78 is 1.63. The summed E-state index contributed by atoms with van der Waals surface area (Å²) in [6.07, 6.45) is 3.08. The Balaban J connectivity index is 1.95. The number of carbonyl (C=O) groups excluding carboxylic acids is 2. The van der Waals surface area contributed by atoms with Crippen molar-refractivity contribution in [2.24, 2.45) is 0 Å². The monoisotopic (exact) mass is 320 g/mol. The second kappa shape index (κ2) is 7.61. The van der Waals surface area contributed by atoms with Crippen LogP contribution in [0.25, 0.3) is 0 Å². The molecule has 7 heteroatoms. The van der Waals surface area contributed by atoms with Crippen molar-refractivity contribution < 1.29 is 9.59 Å². The number of amides is 2. The van der Waals surface area contributed by atoms with Crippen LogP contribution in [0.2, 0.25) is 5.02 Å². The molecule has 0 fully saturated rings. The largest absolute Gasteiger partial charge is 0.355 e. The fraction of sp³-hybridized carbons (Fsp3) is 0.267. The maximum atomic E-state index is 11.9. The Kier molecular flexibility index (Phi) is 5.55. The molecule has 0 atom stereocenters. The lowest BCUT2D eigenvalue weighted by atomic mass is 10.2. The van der Waals surface area contributed by atoms with Gasteiger partial charge in [-0.05, 0) is 18.6 Å². The highest BCUT2D eigenvalue weighted by Crippen LogP contribution is 2.16. The van der Waals surface area contributed by atoms with Crippen molar-refractivity contribution in [3.8, 4) is 0 Å². The van der Waals surface area contributed by atoms with Gasteiger partial charge in [0.25, 0.3) is 5.91 Å². The fourth-order valence-corrected chi connectivity index (χ4v) is 2.09. The second-order valence-electron chi connectivity index (χ2n) is 4.65. The van der Waals surface area contributed by atoms with Crippen LogP contribution in [0.3, 0.4) is 0 Å². The Morgan fingerprint density at radius 2 is 2.05 bits per heavy atom. The van der Waals surface area contributed by atoms with E-state index in [-0.39, 0.29) is 18.4 Å². The van der Waals surface area contributed by atoms with Crippen molar-refractivity contribution in [2.75, 3.05) is 13.1 Å². The highest BCUT2D eigenvalue weighted by molar-refractivity contribution is 6.31. The first-order valence-corrected chi connectivity index (χ1v) is 7.28. The van der Waals surface area contributed by atoms with E-state index in [4.69, 9.17) is 11.6 Å². The zero-order valence-corrected chi connectivity index (χ0v) is 12.9. The van der Waals surface area contributed by atoms with E-state index in [1.54, 1.807) is 16.9 Å². The van der Waals surface area contributed by atoms with Gasteiger partial charge in [0, 0.05) is 17.8 Å². The third kappa shape index (κ3) is 4.33. The average Bonchev–Trinajstić information content (AvgIpc) is 2.96. The van der Waals surface area contributed by atoms with Gasteiger partial charge in [-0.25, -0.2) is 0 Å². The van der Waals surface area contributed by atoms with Crippen molar-refractivity contribution in [3.05, 3.63) is 52.8 Å². The maximum Gasteiger partial charge on any atom is 0.254 e. The van der Waals surface area contributed by atoms with Crippen LogP contribution in [0.15, 0.2) is 36.7 Å². The third-order valence-corrected chi connectivity index (χ3v) is 3.34. The lowest BCUT2D eigenvalue weighted by Gasteiger charge is -2.04. The summed E-state index contributed by atoms with van der Waals surface area (Å²) in [5, 5.41) is 9.94. The zero-order chi connectivity index (χ0) is 15.9. The number of likely N-dealkylation sites (N-methyl/N-ethyl adjacent to an activating group) is 1. The first-order chi connectivity index (χ1) is 10.6. The van der Waals surface area contributed by atoms with Crippen molar-refractivity contribution in [1.29, 1.82) is 0 Å². The minimum absolute atomic E-state index is 0.0532. The molecule has 0 saturated carbocycles. The molecule has 0 aliphatic carbocycles. The Hall–Kier alpha value is -2.34. The Labute approximate surface area is 133 Å². The highest BCUT2D eigenvalue weighted by Gasteiger charge is 2.10. The predicted molar refractivity (Wildman–Crippen MR) is 83.8 cm³/mol. The van der Waals surface area contributed by atoms with E-state index in [2.05, 4.69) is 15.7 Å². The third-order valence-electron chi connectivity index (χ3n) is 2.97. The minimum Gasteiger partial charge on any atom is -0.355 e. The summed E-state index contributed by atoms with van der Waals surface area (Å²) in [5.74, 6) is -0.559. The number of aromatic nitrogens is 2. The molecule has 2 N–H and O–H groups in total. The van der Waals surface area contributed by atoms with Crippen LogP contribution in [0, 0.1) is 0 Å². The Bertz CT molecular complexity index is 669. The number of hydrogen-bond acceptors (Lipinski definition) is 3. The molecule has 0 spiro atoms. The van der Waals surface area contributed by atoms with Gasteiger partial charge in [-0.2, -0.15) is 5.10 Å². The molecule has 0 bridgehead atoms. The van der Waals surface area contributed by atoms with Crippen molar-refractivity contribution in [3.63, 3.8) is 0 Å². The van der Waals surface area contributed by atoms with Crippen LogP contribution in [0.1, 0.15) is 22.8 Å². The Morgan fingerprint density at radius 1 is 1.27 bits per heavy atom. The standard InChI is InChI=1S/C15H17ClN4O2/c1-2-17-14(21)8-18-15(22)12-7-19-20(10-12)9-11-5-3-4-6-13(11)16/h3-7,10H,2,8-9H2,1H3,(H,17,21)(H,18,22). The molecule has 6 nitrogen and oxygen atoms in total. The molecule has 0 radical (unpaired) electrons. The van der Waals surface area contributed by atoms with E-state index in [1.807, 2.05) is 25.1 Å². The van der Waals surface area contributed by atoms with Gasteiger partial charge in [-0.3, -0.25) is 14.3 Å². The number of nitrogens with zero attached hydrogens (tertiary/aromatic N) is 2. The van der Waals surface area contributed by atoms with Crippen molar-refractivity contribution in [2.45, 2.75) is 13.5 Å². The molecular formula is C15H17ClN4O2. The van der Waals surface area contributed by atoms with E-state index in [9.17, 15) is 9.59 Å². The van der Waals surface area contributed by atoms with Gasteiger partial charge in [-0.15, -0.1) is 0 Å². The van der Waals surface area contributed by atoms with E-state index >= 15 is 0 Å². The maximum absolute atomic E-state index is 11.9. The molecule has 1 aromatic heterocycles. The predicted octanol–water partition coefficient (Wildman–Crippen LogP) is 1.45. The number of rotatable bonds is 6. The minimum atomic E-state index is -0.336. The molecule has 22 heavy (non-hydrogen) atoms. The number of hydrogen-bond donors (Lipinski definition) is 2. The number of carbonyl (C=O) groups is 2. The van der Waals surface area contributed by atoms with Gasteiger partial charge < -0.3 is 10.6 Å². The normalized spacial score (nSPS) is 10.3. The molecule has 2 aromatic rings. The first kappa shape index (κ1) is 16.0. The summed E-state index contributed by atoms with van der Waals surface area (Å²) >= 11 is 6.09. The van der Waals surface area contributed by atoms with Crippen LogP contribution in [-0.4, -0.2) is 34.7 Å². The van der Waals surface area contributed by atoms with Gasteiger partial charge in [-0.1, -0.05) is 29.8 Å². The zero-order valence-electron chi connectivity index (χ0n) is 12.2. The van der Waals surface area contributed by atoms with Crippen LogP contribution in [0.5, 0.6) is 0 Å². The van der Waals surface area contributed by atoms with Gasteiger partial charge in [0.2, 0.25) is 5.91 Å². The second-order valence-corrected chi connectivity index (χ2v) is 5.06. The van der Waals surface area contributed by atoms with Gasteiger partial charge >= 0.3 is 0 Å². The summed E-state index contributed by atoms with van der Waals surface area (Å²) in [7, 11) is 0. The first-order valence-electron chi connectivity index (χ1n) is 6.91. The quantitative estimate of drug-likeness (QED) is 0.846. The number of nitrogens with one attached hydrogen (secondary N) is 2. The lowest BCUT2D eigenvalue weighted by Crippen LogP contribution is -2.36. The molecule has 1 heterocycles. The fourth-order valence-electron chi connectivity index (χ4n) is 1.89. The topological polar surface area (TPSA) is 76.0 Å². The lowest BCUT2D eigenvalue weighted by molar-refractivity contribution is -0.120. The highest BCUT2D eigenvalue weighted by atomic mass is 35.5. The Morgan fingerprint density at radius 3 is 2.77 bits per heavy atom. The van der Waals surface area contributed by atoms with E-state index < -0.39 is 0 Å². The molecule has 0 saturated heterocycles. The molecule has 0 aliphatic rings. The molecule has 1 aromatic carbocycles. The number of benzene rings is 1. The van der Waals surface area contributed by atoms with E-state index in [1.165, 1.54) is 6.20 Å². The average molecular weight is 321 g/mol. The van der Waals surface area contributed by atoms with Crippen LogP contribution in [-0.2, 0) is 11.3 Å². The van der Waals surface area contributed by atoms with Crippen LogP contribution < -0.4 is 10.6 Å². The van der Waals surface area contributed by atoms with Crippen LogP contribution in [0.4, 0.5) is 0 Å².